The van der Waals surface area contributed by atoms with Crippen LogP contribution < -0.4 is 20.5 Å². The number of carbonyl (C=O) groups excluding carboxylic acids is 1. The van der Waals surface area contributed by atoms with E-state index in [1.165, 1.54) is 21.9 Å². The van der Waals surface area contributed by atoms with Gasteiger partial charge in [-0.05, 0) is 31.7 Å². The van der Waals surface area contributed by atoms with Crippen molar-refractivity contribution >= 4 is 27.3 Å². The second-order valence-electron chi connectivity index (χ2n) is 7.45. The monoisotopic (exact) mass is 427 g/mol. The molecule has 1 aliphatic heterocycles. The molecule has 8 nitrogen and oxygen atoms in total. The Bertz CT molecular complexity index is 1100. The molecule has 158 valence electrons. The van der Waals surface area contributed by atoms with E-state index >= 15 is 0 Å². The van der Waals surface area contributed by atoms with Crippen LogP contribution in [0.5, 0.6) is 5.75 Å². The minimum Gasteiger partial charge on any atom is -0.494 e. The Morgan fingerprint density at radius 2 is 2.07 bits per heavy atom. The normalized spacial score (nSPS) is 14.8. The van der Waals surface area contributed by atoms with Crippen molar-refractivity contribution in [3.8, 4) is 5.75 Å². The van der Waals surface area contributed by atoms with Gasteiger partial charge in [0.1, 0.15) is 11.4 Å². The Hall–Kier alpha value is -2.94. The van der Waals surface area contributed by atoms with Crippen molar-refractivity contribution in [3.05, 3.63) is 51.9 Å². The number of nitrogens with zero attached hydrogens (tertiary/aromatic N) is 4. The van der Waals surface area contributed by atoms with Crippen molar-refractivity contribution < 1.29 is 9.53 Å². The van der Waals surface area contributed by atoms with Crippen LogP contribution in [0.15, 0.2) is 35.1 Å². The zero-order chi connectivity index (χ0) is 21.1. The average Bonchev–Trinajstić information content (AvgIpc) is 3.17. The van der Waals surface area contributed by atoms with Crippen molar-refractivity contribution in [2.24, 2.45) is 5.92 Å². The van der Waals surface area contributed by atoms with E-state index in [2.05, 4.69) is 27.2 Å². The molecule has 4 rings (SSSR count). The van der Waals surface area contributed by atoms with Gasteiger partial charge in [-0.25, -0.2) is 0 Å². The molecule has 0 saturated carbocycles. The minimum absolute atomic E-state index is 0.187. The van der Waals surface area contributed by atoms with Crippen LogP contribution in [0.4, 0.5) is 5.13 Å². The fourth-order valence-electron chi connectivity index (χ4n) is 3.51. The quantitative estimate of drug-likeness (QED) is 0.651. The predicted octanol–water partition coefficient (Wildman–Crippen LogP) is 2.72. The third-order valence-corrected chi connectivity index (χ3v) is 6.21. The van der Waals surface area contributed by atoms with Crippen LogP contribution in [-0.4, -0.2) is 40.2 Å². The number of benzene rings is 1. The number of rotatable bonds is 6. The van der Waals surface area contributed by atoms with Gasteiger partial charge >= 0.3 is 0 Å². The van der Waals surface area contributed by atoms with Gasteiger partial charge in [-0.3, -0.25) is 9.59 Å². The van der Waals surface area contributed by atoms with Gasteiger partial charge in [0.05, 0.1) is 6.61 Å². The lowest BCUT2D eigenvalue weighted by molar-refractivity contribution is 0.0943. The van der Waals surface area contributed by atoms with E-state index in [1.807, 2.05) is 31.2 Å². The number of nitrogens with one attached hydrogen (secondary N) is 1. The molecule has 3 aromatic rings. The second-order valence-corrected chi connectivity index (χ2v) is 8.39. The van der Waals surface area contributed by atoms with E-state index in [9.17, 15) is 9.59 Å². The first-order valence-electron chi connectivity index (χ1n) is 10.2. The molecule has 0 bridgehead atoms. The summed E-state index contributed by atoms with van der Waals surface area (Å²) in [5, 5.41) is 8.26. The smallest absolute Gasteiger partial charge is 0.274 e. The first-order chi connectivity index (χ1) is 14.5. The van der Waals surface area contributed by atoms with Gasteiger partial charge in [0.15, 0.2) is 0 Å². The molecule has 0 radical (unpaired) electrons. The summed E-state index contributed by atoms with van der Waals surface area (Å²) in [5.74, 6) is 1.06. The van der Waals surface area contributed by atoms with Crippen LogP contribution in [-0.2, 0) is 6.54 Å². The predicted molar refractivity (Wildman–Crippen MR) is 117 cm³/mol. The first-order valence-corrected chi connectivity index (χ1v) is 11.0. The number of anilines is 1. The van der Waals surface area contributed by atoms with Crippen LogP contribution in [0.1, 0.15) is 42.7 Å². The van der Waals surface area contributed by atoms with Gasteiger partial charge in [0.2, 0.25) is 10.1 Å². The van der Waals surface area contributed by atoms with Gasteiger partial charge in [-0.2, -0.15) is 9.50 Å². The zero-order valence-electron chi connectivity index (χ0n) is 17.1. The van der Waals surface area contributed by atoms with Gasteiger partial charge in [-0.15, -0.1) is 5.10 Å². The molecule has 30 heavy (non-hydrogen) atoms. The Morgan fingerprint density at radius 1 is 1.30 bits per heavy atom. The Labute approximate surface area is 178 Å². The van der Waals surface area contributed by atoms with Crippen LogP contribution in [0.2, 0.25) is 0 Å². The molecule has 0 unspecified atom stereocenters. The van der Waals surface area contributed by atoms with E-state index in [0.717, 1.165) is 42.4 Å². The lowest BCUT2D eigenvalue weighted by Gasteiger charge is -2.29. The molecular formula is C21H25N5O3S. The number of para-hydroxylation sites is 1. The van der Waals surface area contributed by atoms with Gasteiger partial charge in [-0.1, -0.05) is 36.5 Å². The fourth-order valence-corrected chi connectivity index (χ4v) is 4.47. The van der Waals surface area contributed by atoms with Crippen LogP contribution in [0.25, 0.3) is 4.96 Å². The third kappa shape index (κ3) is 4.30. The third-order valence-electron chi connectivity index (χ3n) is 5.24. The van der Waals surface area contributed by atoms with Crippen molar-refractivity contribution in [2.45, 2.75) is 33.2 Å². The maximum absolute atomic E-state index is 12.9. The van der Waals surface area contributed by atoms with Gasteiger partial charge < -0.3 is 15.0 Å². The summed E-state index contributed by atoms with van der Waals surface area (Å²) >= 11 is 1.34. The molecule has 1 N–H and O–H groups in total. The molecule has 1 fully saturated rings. The molecule has 2 aromatic heterocycles. The number of ether oxygens (including phenoxy) is 1. The van der Waals surface area contributed by atoms with Crippen LogP contribution in [0, 0.1) is 5.92 Å². The molecule has 1 saturated heterocycles. The summed E-state index contributed by atoms with van der Waals surface area (Å²) in [6, 6.07) is 8.79. The highest BCUT2D eigenvalue weighted by molar-refractivity contribution is 7.20. The van der Waals surface area contributed by atoms with E-state index in [1.54, 1.807) is 0 Å². The van der Waals surface area contributed by atoms with Crippen molar-refractivity contribution in [1.82, 2.24) is 19.9 Å². The number of piperidine rings is 1. The van der Waals surface area contributed by atoms with Crippen LogP contribution in [0.3, 0.4) is 0 Å². The van der Waals surface area contributed by atoms with E-state index in [0.29, 0.717) is 17.5 Å². The molecule has 0 spiro atoms. The minimum atomic E-state index is -0.447. The summed E-state index contributed by atoms with van der Waals surface area (Å²) in [6.45, 7) is 6.83. The summed E-state index contributed by atoms with van der Waals surface area (Å²) in [5.41, 5.74) is 0.607. The number of hydrogen-bond acceptors (Lipinski definition) is 7. The molecular weight excluding hydrogens is 402 g/mol. The first kappa shape index (κ1) is 20.3. The summed E-state index contributed by atoms with van der Waals surface area (Å²) in [6.07, 6.45) is 2.21. The molecule has 1 aliphatic rings. The standard InChI is InChI=1S/C21H25N5O3S/c1-3-29-17-7-5-4-6-15(17)13-22-19(28)16-12-18(27)23-20-26(16)24-21(30-20)25-10-8-14(2)9-11-25/h4-7,12,14H,3,8-11,13H2,1-2H3,(H,22,28). The largest absolute Gasteiger partial charge is 0.494 e. The highest BCUT2D eigenvalue weighted by atomic mass is 32.1. The zero-order valence-corrected chi connectivity index (χ0v) is 17.9. The van der Waals surface area contributed by atoms with Crippen LogP contribution >= 0.6 is 11.3 Å². The summed E-state index contributed by atoms with van der Waals surface area (Å²) in [4.78, 5) is 31.7. The van der Waals surface area contributed by atoms with Gasteiger partial charge in [0.25, 0.3) is 11.5 Å². The van der Waals surface area contributed by atoms with Crippen molar-refractivity contribution in [3.63, 3.8) is 0 Å². The number of aromatic nitrogens is 3. The molecule has 0 atom stereocenters. The molecule has 1 aromatic carbocycles. The van der Waals surface area contributed by atoms with E-state index < -0.39 is 5.56 Å². The molecule has 0 aliphatic carbocycles. The molecule has 3 heterocycles. The van der Waals surface area contributed by atoms with Gasteiger partial charge in [0, 0.05) is 31.3 Å². The molecule has 1 amide bonds. The van der Waals surface area contributed by atoms with E-state index in [-0.39, 0.29) is 18.1 Å². The summed E-state index contributed by atoms with van der Waals surface area (Å²) < 4.78 is 7.09. The van der Waals surface area contributed by atoms with Crippen molar-refractivity contribution in [1.29, 1.82) is 0 Å². The number of carbonyl (C=O) groups is 1. The Kier molecular flexibility index (Phi) is 5.98. The summed E-state index contributed by atoms with van der Waals surface area (Å²) in [7, 11) is 0. The highest BCUT2D eigenvalue weighted by Gasteiger charge is 2.22. The SMILES string of the molecule is CCOc1ccccc1CNC(=O)c1cc(=O)nc2sc(N3CCC(C)CC3)nn12. The highest BCUT2D eigenvalue weighted by Crippen LogP contribution is 2.27. The Balaban J connectivity index is 1.57. The number of amides is 1. The number of hydrogen-bond donors (Lipinski definition) is 1. The average molecular weight is 428 g/mol. The number of fused-ring (bicyclic) bond motifs is 1. The maximum atomic E-state index is 12.9. The van der Waals surface area contributed by atoms with Crippen molar-refractivity contribution in [2.75, 3.05) is 24.6 Å². The second kappa shape index (κ2) is 8.83. The molecule has 9 heteroatoms. The lowest BCUT2D eigenvalue weighted by atomic mass is 10.00. The Morgan fingerprint density at radius 3 is 2.83 bits per heavy atom. The lowest BCUT2D eigenvalue weighted by Crippen LogP contribution is -2.32. The maximum Gasteiger partial charge on any atom is 0.274 e. The van der Waals surface area contributed by atoms with E-state index in [4.69, 9.17) is 4.74 Å². The topological polar surface area (TPSA) is 88.8 Å². The fraction of sp³-hybridized carbons (Fsp3) is 0.429.